The van der Waals surface area contributed by atoms with E-state index in [9.17, 15) is 19.5 Å². The lowest BCUT2D eigenvalue weighted by Crippen LogP contribution is -2.53. The standard InChI is InChI=1S/C22H28ClN3O5/c1-2-10-24-19(28)16-15-8-9-22(31-15)17(16)21(30)26(11-3-12-27)18(22)20(29)25-14-6-4-13(23)5-7-14/h4-7,15-18,27H,2-3,8-12H2,1H3,(H,24,28)(H,25,29)/t15-,16+,17-,18?,22?/m0/s1. The lowest BCUT2D eigenvalue weighted by atomic mass is 9.70. The van der Waals surface area contributed by atoms with Gasteiger partial charge in [-0.1, -0.05) is 18.5 Å². The number of amides is 3. The Morgan fingerprint density at radius 1 is 1.29 bits per heavy atom. The molecular formula is C22H28ClN3O5. The Bertz CT molecular complexity index is 863. The van der Waals surface area contributed by atoms with E-state index in [1.165, 1.54) is 4.90 Å². The van der Waals surface area contributed by atoms with Crippen molar-refractivity contribution in [3.8, 4) is 0 Å². The highest BCUT2D eigenvalue weighted by molar-refractivity contribution is 6.30. The van der Waals surface area contributed by atoms with Crippen LogP contribution in [0.3, 0.4) is 0 Å². The van der Waals surface area contributed by atoms with E-state index < -0.39 is 23.5 Å². The van der Waals surface area contributed by atoms with E-state index in [1.807, 2.05) is 6.92 Å². The second-order valence-electron chi connectivity index (χ2n) is 8.45. The van der Waals surface area contributed by atoms with E-state index in [0.29, 0.717) is 36.5 Å². The maximum Gasteiger partial charge on any atom is 0.250 e. The van der Waals surface area contributed by atoms with Gasteiger partial charge in [-0.3, -0.25) is 14.4 Å². The zero-order valence-electron chi connectivity index (χ0n) is 17.5. The van der Waals surface area contributed by atoms with Gasteiger partial charge in [0.1, 0.15) is 11.6 Å². The monoisotopic (exact) mass is 449 g/mol. The molecule has 1 aromatic carbocycles. The third-order valence-electron chi connectivity index (χ3n) is 6.57. The molecule has 31 heavy (non-hydrogen) atoms. The second kappa shape index (κ2) is 8.76. The van der Waals surface area contributed by atoms with E-state index >= 15 is 0 Å². The molecule has 4 rings (SSSR count). The van der Waals surface area contributed by atoms with Crippen molar-refractivity contribution in [1.29, 1.82) is 0 Å². The van der Waals surface area contributed by atoms with Gasteiger partial charge >= 0.3 is 0 Å². The summed E-state index contributed by atoms with van der Waals surface area (Å²) >= 11 is 5.93. The minimum atomic E-state index is -1.03. The third kappa shape index (κ3) is 3.70. The molecule has 3 fully saturated rings. The Labute approximate surface area is 186 Å². The van der Waals surface area contributed by atoms with Crippen molar-refractivity contribution >= 4 is 35.0 Å². The first-order chi connectivity index (χ1) is 14.9. The maximum absolute atomic E-state index is 13.5. The molecular weight excluding hydrogens is 422 g/mol. The van der Waals surface area contributed by atoms with Gasteiger partial charge in [-0.05, 0) is 49.9 Å². The Morgan fingerprint density at radius 3 is 2.71 bits per heavy atom. The first-order valence-corrected chi connectivity index (χ1v) is 11.2. The zero-order chi connectivity index (χ0) is 22.2. The Hall–Kier alpha value is -2.16. The van der Waals surface area contributed by atoms with Crippen LogP contribution in [0.1, 0.15) is 32.6 Å². The molecule has 168 valence electrons. The molecule has 2 unspecified atom stereocenters. The minimum absolute atomic E-state index is 0.100. The number of rotatable bonds is 8. The van der Waals surface area contributed by atoms with Crippen molar-refractivity contribution in [2.24, 2.45) is 11.8 Å². The van der Waals surface area contributed by atoms with E-state index in [4.69, 9.17) is 16.3 Å². The lowest BCUT2D eigenvalue weighted by molar-refractivity contribution is -0.141. The second-order valence-corrected chi connectivity index (χ2v) is 8.89. The van der Waals surface area contributed by atoms with Gasteiger partial charge in [0.15, 0.2) is 0 Å². The normalized spacial score (nSPS) is 31.1. The van der Waals surface area contributed by atoms with Crippen LogP contribution in [-0.4, -0.2) is 65.2 Å². The van der Waals surface area contributed by atoms with Gasteiger partial charge in [-0.25, -0.2) is 0 Å². The fraction of sp³-hybridized carbons (Fsp3) is 0.591. The van der Waals surface area contributed by atoms with Gasteiger partial charge in [0.25, 0.3) is 0 Å². The molecule has 3 N–H and O–H groups in total. The number of likely N-dealkylation sites (tertiary alicyclic amines) is 1. The molecule has 9 heteroatoms. The van der Waals surface area contributed by atoms with Crippen LogP contribution >= 0.6 is 11.6 Å². The number of fused-ring (bicyclic) bond motifs is 1. The minimum Gasteiger partial charge on any atom is -0.396 e. The van der Waals surface area contributed by atoms with Crippen molar-refractivity contribution in [1.82, 2.24) is 10.2 Å². The quantitative estimate of drug-likeness (QED) is 0.558. The third-order valence-corrected chi connectivity index (χ3v) is 6.82. The molecule has 1 spiro atoms. The van der Waals surface area contributed by atoms with Crippen LogP contribution in [0.25, 0.3) is 0 Å². The number of carbonyl (C=O) groups excluding carboxylic acids is 3. The molecule has 8 nitrogen and oxygen atoms in total. The molecule has 0 aliphatic carbocycles. The largest absolute Gasteiger partial charge is 0.396 e. The lowest BCUT2D eigenvalue weighted by Gasteiger charge is -2.33. The summed E-state index contributed by atoms with van der Waals surface area (Å²) in [5, 5.41) is 15.6. The predicted molar refractivity (Wildman–Crippen MR) is 114 cm³/mol. The highest BCUT2D eigenvalue weighted by Crippen LogP contribution is 2.58. The van der Waals surface area contributed by atoms with Crippen LogP contribution < -0.4 is 10.6 Å². The number of nitrogens with one attached hydrogen (secondary N) is 2. The Balaban J connectivity index is 1.64. The molecule has 1 aromatic rings. The molecule has 0 radical (unpaired) electrons. The number of ether oxygens (including phenoxy) is 1. The summed E-state index contributed by atoms with van der Waals surface area (Å²) < 4.78 is 6.30. The van der Waals surface area contributed by atoms with Gasteiger partial charge in [0.05, 0.1) is 17.9 Å². The van der Waals surface area contributed by atoms with Crippen molar-refractivity contribution in [3.05, 3.63) is 29.3 Å². The molecule has 3 heterocycles. The van der Waals surface area contributed by atoms with Crippen molar-refractivity contribution in [2.75, 3.05) is 25.0 Å². The smallest absolute Gasteiger partial charge is 0.250 e. The van der Waals surface area contributed by atoms with Gasteiger partial charge in [0.2, 0.25) is 17.7 Å². The molecule has 0 saturated carbocycles. The van der Waals surface area contributed by atoms with Gasteiger partial charge in [-0.2, -0.15) is 0 Å². The summed E-state index contributed by atoms with van der Waals surface area (Å²) in [6.07, 6.45) is 1.95. The molecule has 3 aliphatic rings. The molecule has 5 atom stereocenters. The number of aliphatic hydroxyl groups excluding tert-OH is 1. The average Bonchev–Trinajstić information content (AvgIpc) is 3.39. The van der Waals surface area contributed by atoms with Crippen LogP contribution in [-0.2, 0) is 19.1 Å². The van der Waals surface area contributed by atoms with Crippen molar-refractivity contribution in [2.45, 2.75) is 50.4 Å². The average molecular weight is 450 g/mol. The van der Waals surface area contributed by atoms with Crippen LogP contribution in [0, 0.1) is 11.8 Å². The van der Waals surface area contributed by atoms with Crippen LogP contribution in [0.15, 0.2) is 24.3 Å². The number of anilines is 1. The van der Waals surface area contributed by atoms with Crippen molar-refractivity contribution in [3.63, 3.8) is 0 Å². The molecule has 3 aliphatic heterocycles. The summed E-state index contributed by atoms with van der Waals surface area (Å²) in [7, 11) is 0. The molecule has 0 aromatic heterocycles. The summed E-state index contributed by atoms with van der Waals surface area (Å²) in [6.45, 7) is 2.62. The van der Waals surface area contributed by atoms with E-state index in [0.717, 1.165) is 6.42 Å². The maximum atomic E-state index is 13.5. The Kier molecular flexibility index (Phi) is 6.23. The SMILES string of the molecule is CCCNC(=O)[C@@H]1[C@@H]2CCC3(O2)C(C(=O)Nc2ccc(Cl)cc2)N(CCCO)C(=O)[C@H]13. The van der Waals surface area contributed by atoms with Gasteiger partial charge in [0, 0.05) is 30.4 Å². The van der Waals surface area contributed by atoms with E-state index in [1.54, 1.807) is 24.3 Å². The number of carbonyl (C=O) groups is 3. The van der Waals surface area contributed by atoms with Crippen LogP contribution in [0.2, 0.25) is 5.02 Å². The fourth-order valence-corrected chi connectivity index (χ4v) is 5.47. The van der Waals surface area contributed by atoms with Gasteiger partial charge in [-0.15, -0.1) is 0 Å². The van der Waals surface area contributed by atoms with Crippen LogP contribution in [0.4, 0.5) is 5.69 Å². The highest BCUT2D eigenvalue weighted by atomic mass is 35.5. The first kappa shape index (κ1) is 22.0. The highest BCUT2D eigenvalue weighted by Gasteiger charge is 2.74. The summed E-state index contributed by atoms with van der Waals surface area (Å²) in [5.41, 5.74) is -0.462. The zero-order valence-corrected chi connectivity index (χ0v) is 18.2. The predicted octanol–water partition coefficient (Wildman–Crippen LogP) is 1.56. The van der Waals surface area contributed by atoms with E-state index in [-0.39, 0.29) is 37.0 Å². The topological polar surface area (TPSA) is 108 Å². The first-order valence-electron chi connectivity index (χ1n) is 10.9. The summed E-state index contributed by atoms with van der Waals surface area (Å²) in [6, 6.07) is 5.87. The Morgan fingerprint density at radius 2 is 2.03 bits per heavy atom. The van der Waals surface area contributed by atoms with Crippen LogP contribution in [0.5, 0.6) is 0 Å². The number of nitrogens with zero attached hydrogens (tertiary/aromatic N) is 1. The van der Waals surface area contributed by atoms with Crippen molar-refractivity contribution < 1.29 is 24.2 Å². The number of hydrogen-bond donors (Lipinski definition) is 3. The summed E-state index contributed by atoms with van der Waals surface area (Å²) in [4.78, 5) is 41.3. The molecule has 3 saturated heterocycles. The number of halogens is 1. The number of hydrogen-bond acceptors (Lipinski definition) is 5. The number of benzene rings is 1. The fourth-order valence-electron chi connectivity index (χ4n) is 5.35. The number of aliphatic hydroxyl groups is 1. The molecule has 2 bridgehead atoms. The van der Waals surface area contributed by atoms with Gasteiger partial charge < -0.3 is 25.4 Å². The summed E-state index contributed by atoms with van der Waals surface area (Å²) in [5.74, 6) is -2.08. The van der Waals surface area contributed by atoms with E-state index in [2.05, 4.69) is 10.6 Å². The molecule has 3 amide bonds.